The van der Waals surface area contributed by atoms with Crippen molar-refractivity contribution in [2.24, 2.45) is 0 Å². The van der Waals surface area contributed by atoms with Crippen LogP contribution in [-0.2, 0) is 6.42 Å². The number of nitrogens with zero attached hydrogens (tertiary/aromatic N) is 3. The van der Waals surface area contributed by atoms with Crippen LogP contribution in [0.4, 0.5) is 4.39 Å². The number of hydrogen-bond acceptors (Lipinski definition) is 3. The molecule has 0 atom stereocenters. The van der Waals surface area contributed by atoms with Gasteiger partial charge in [-0.15, -0.1) is 0 Å². The van der Waals surface area contributed by atoms with Crippen LogP contribution in [0.15, 0.2) is 24.5 Å². The summed E-state index contributed by atoms with van der Waals surface area (Å²) in [7, 11) is 0. The number of ketones is 1. The maximum absolute atomic E-state index is 13.6. The molecule has 0 radical (unpaired) electrons. The highest BCUT2D eigenvalue weighted by Gasteiger charge is 2.16. The van der Waals surface area contributed by atoms with Gasteiger partial charge in [-0.1, -0.05) is 11.6 Å². The predicted octanol–water partition coefficient (Wildman–Crippen LogP) is 3.08. The molecule has 0 bridgehead atoms. The van der Waals surface area contributed by atoms with Gasteiger partial charge in [0.05, 0.1) is 12.0 Å². The van der Waals surface area contributed by atoms with Gasteiger partial charge in [0, 0.05) is 11.1 Å². The summed E-state index contributed by atoms with van der Waals surface area (Å²) in [5.74, 6) is -0.438. The average molecular weight is 282 g/mol. The third-order valence-corrected chi connectivity index (χ3v) is 2.92. The van der Waals surface area contributed by atoms with Crippen LogP contribution in [-0.4, -0.2) is 20.5 Å². The lowest BCUT2D eigenvalue weighted by Gasteiger charge is -2.09. The van der Waals surface area contributed by atoms with E-state index in [1.807, 2.05) is 13.8 Å². The van der Waals surface area contributed by atoms with E-state index in [9.17, 15) is 9.18 Å². The zero-order chi connectivity index (χ0) is 14.0. The van der Waals surface area contributed by atoms with Crippen LogP contribution in [0.1, 0.15) is 36.1 Å². The minimum atomic E-state index is -0.617. The van der Waals surface area contributed by atoms with E-state index in [1.54, 1.807) is 4.68 Å². The van der Waals surface area contributed by atoms with Gasteiger partial charge in [-0.2, -0.15) is 5.10 Å². The molecule has 0 fully saturated rings. The van der Waals surface area contributed by atoms with Gasteiger partial charge >= 0.3 is 0 Å². The molecule has 0 aliphatic rings. The molecule has 0 N–H and O–H groups in total. The number of hydrogen-bond donors (Lipinski definition) is 0. The van der Waals surface area contributed by atoms with Gasteiger partial charge in [0.25, 0.3) is 0 Å². The molecule has 0 unspecified atom stereocenters. The largest absolute Gasteiger partial charge is 0.294 e. The smallest absolute Gasteiger partial charge is 0.173 e. The first-order valence-corrected chi connectivity index (χ1v) is 6.23. The molecule has 1 aromatic carbocycles. The van der Waals surface area contributed by atoms with E-state index in [-0.39, 0.29) is 28.8 Å². The number of benzene rings is 1. The van der Waals surface area contributed by atoms with Crippen LogP contribution in [0.3, 0.4) is 0 Å². The standard InChI is InChI=1S/C13H13ClFN3O/c1-8(2)18-13(16-7-17-18)6-12(19)10-4-3-9(14)5-11(10)15/h3-5,7-8H,6H2,1-2H3. The Morgan fingerprint density at radius 2 is 2.21 bits per heavy atom. The Morgan fingerprint density at radius 1 is 1.47 bits per heavy atom. The molecule has 2 aromatic rings. The second-order valence-electron chi connectivity index (χ2n) is 4.44. The fourth-order valence-electron chi connectivity index (χ4n) is 1.79. The van der Waals surface area contributed by atoms with Gasteiger partial charge in [-0.25, -0.2) is 14.1 Å². The minimum Gasteiger partial charge on any atom is -0.294 e. The maximum Gasteiger partial charge on any atom is 0.173 e. The summed E-state index contributed by atoms with van der Waals surface area (Å²) in [6, 6.07) is 4.10. The number of rotatable bonds is 4. The fraction of sp³-hybridized carbons (Fsp3) is 0.308. The molecular weight excluding hydrogens is 269 g/mol. The van der Waals surface area contributed by atoms with Crippen molar-refractivity contribution in [2.45, 2.75) is 26.3 Å². The number of aromatic nitrogens is 3. The maximum atomic E-state index is 13.6. The summed E-state index contributed by atoms with van der Waals surface area (Å²) < 4.78 is 15.3. The van der Waals surface area contributed by atoms with E-state index in [2.05, 4.69) is 10.1 Å². The van der Waals surface area contributed by atoms with Gasteiger partial charge in [-0.05, 0) is 32.0 Å². The van der Waals surface area contributed by atoms with Gasteiger partial charge < -0.3 is 0 Å². The Morgan fingerprint density at radius 3 is 2.84 bits per heavy atom. The Balaban J connectivity index is 2.23. The van der Waals surface area contributed by atoms with Crippen molar-refractivity contribution in [1.82, 2.24) is 14.8 Å². The van der Waals surface area contributed by atoms with Crippen LogP contribution >= 0.6 is 11.6 Å². The van der Waals surface area contributed by atoms with E-state index < -0.39 is 5.82 Å². The molecule has 0 aliphatic carbocycles. The normalized spacial score (nSPS) is 11.0. The summed E-state index contributed by atoms with van der Waals surface area (Å²) in [4.78, 5) is 16.1. The van der Waals surface area contributed by atoms with Crippen molar-refractivity contribution < 1.29 is 9.18 Å². The van der Waals surface area contributed by atoms with Crippen molar-refractivity contribution >= 4 is 17.4 Å². The number of carbonyl (C=O) groups excluding carboxylic acids is 1. The van der Waals surface area contributed by atoms with E-state index in [4.69, 9.17) is 11.6 Å². The molecule has 0 saturated heterocycles. The summed E-state index contributed by atoms with van der Waals surface area (Å²) >= 11 is 5.65. The van der Waals surface area contributed by atoms with E-state index in [1.165, 1.54) is 18.5 Å². The van der Waals surface area contributed by atoms with Crippen molar-refractivity contribution in [1.29, 1.82) is 0 Å². The lowest BCUT2D eigenvalue weighted by atomic mass is 10.1. The first-order valence-electron chi connectivity index (χ1n) is 5.85. The van der Waals surface area contributed by atoms with Crippen LogP contribution in [0.2, 0.25) is 5.02 Å². The van der Waals surface area contributed by atoms with Crippen LogP contribution < -0.4 is 0 Å². The Labute approximate surface area is 115 Å². The Kier molecular flexibility index (Phi) is 3.95. The van der Waals surface area contributed by atoms with Gasteiger partial charge in [0.2, 0.25) is 0 Å². The highest BCUT2D eigenvalue weighted by molar-refractivity contribution is 6.30. The van der Waals surface area contributed by atoms with Crippen LogP contribution in [0, 0.1) is 5.82 Å². The van der Waals surface area contributed by atoms with Crippen molar-refractivity contribution in [2.75, 3.05) is 0 Å². The summed E-state index contributed by atoms with van der Waals surface area (Å²) in [5, 5.41) is 4.30. The molecule has 0 spiro atoms. The molecule has 2 rings (SSSR count). The highest BCUT2D eigenvalue weighted by Crippen LogP contribution is 2.17. The monoisotopic (exact) mass is 281 g/mol. The number of Topliss-reactive ketones (excluding diaryl/α,β-unsaturated/α-hetero) is 1. The first kappa shape index (κ1) is 13.7. The fourth-order valence-corrected chi connectivity index (χ4v) is 1.95. The summed E-state index contributed by atoms with van der Waals surface area (Å²) in [5.41, 5.74) is 0.0164. The summed E-state index contributed by atoms with van der Waals surface area (Å²) in [6.45, 7) is 3.87. The van der Waals surface area contributed by atoms with Crippen molar-refractivity contribution in [3.8, 4) is 0 Å². The zero-order valence-corrected chi connectivity index (χ0v) is 11.4. The lowest BCUT2D eigenvalue weighted by Crippen LogP contribution is -2.14. The van der Waals surface area contributed by atoms with E-state index in [0.717, 1.165) is 6.07 Å². The third-order valence-electron chi connectivity index (χ3n) is 2.69. The molecule has 0 amide bonds. The lowest BCUT2D eigenvalue weighted by molar-refractivity contribution is 0.0985. The Bertz CT molecular complexity index is 610. The van der Waals surface area contributed by atoms with E-state index >= 15 is 0 Å². The molecule has 1 aromatic heterocycles. The molecule has 0 aliphatic heterocycles. The second kappa shape index (κ2) is 5.48. The highest BCUT2D eigenvalue weighted by atomic mass is 35.5. The molecule has 0 saturated carbocycles. The third kappa shape index (κ3) is 2.98. The topological polar surface area (TPSA) is 47.8 Å². The van der Waals surface area contributed by atoms with Gasteiger partial charge in [0.1, 0.15) is 18.0 Å². The zero-order valence-electron chi connectivity index (χ0n) is 10.6. The summed E-state index contributed by atoms with van der Waals surface area (Å²) in [6.07, 6.45) is 1.40. The first-order chi connectivity index (χ1) is 8.99. The van der Waals surface area contributed by atoms with E-state index in [0.29, 0.717) is 5.82 Å². The molecule has 1 heterocycles. The van der Waals surface area contributed by atoms with Gasteiger partial charge in [-0.3, -0.25) is 4.79 Å². The van der Waals surface area contributed by atoms with Gasteiger partial charge in [0.15, 0.2) is 5.78 Å². The van der Waals surface area contributed by atoms with Crippen molar-refractivity contribution in [3.63, 3.8) is 0 Å². The number of carbonyl (C=O) groups is 1. The SMILES string of the molecule is CC(C)n1ncnc1CC(=O)c1ccc(Cl)cc1F. The van der Waals surface area contributed by atoms with Crippen LogP contribution in [0.25, 0.3) is 0 Å². The number of halogens is 2. The molecule has 6 heteroatoms. The quantitative estimate of drug-likeness (QED) is 0.809. The predicted molar refractivity (Wildman–Crippen MR) is 69.9 cm³/mol. The Hall–Kier alpha value is -1.75. The molecule has 19 heavy (non-hydrogen) atoms. The average Bonchev–Trinajstić information content (AvgIpc) is 2.76. The molecule has 100 valence electrons. The minimum absolute atomic E-state index is 0.0106. The molecular formula is C13H13ClFN3O. The van der Waals surface area contributed by atoms with Crippen molar-refractivity contribution in [3.05, 3.63) is 46.8 Å². The van der Waals surface area contributed by atoms with Crippen LogP contribution in [0.5, 0.6) is 0 Å². The molecule has 4 nitrogen and oxygen atoms in total. The second-order valence-corrected chi connectivity index (χ2v) is 4.88.